The summed E-state index contributed by atoms with van der Waals surface area (Å²) in [4.78, 5) is 13.7. The zero-order chi connectivity index (χ0) is 14.7. The molecule has 2 aromatic rings. The van der Waals surface area contributed by atoms with E-state index in [1.807, 2.05) is 31.0 Å². The van der Waals surface area contributed by atoms with Gasteiger partial charge in [-0.1, -0.05) is 6.07 Å². The van der Waals surface area contributed by atoms with Crippen LogP contribution in [0.25, 0.3) is 0 Å². The fourth-order valence-corrected chi connectivity index (χ4v) is 2.14. The Kier molecular flexibility index (Phi) is 3.98. The molecule has 20 heavy (non-hydrogen) atoms. The number of para-hydroxylation sites is 1. The summed E-state index contributed by atoms with van der Waals surface area (Å²) >= 11 is 0. The summed E-state index contributed by atoms with van der Waals surface area (Å²) in [7, 11) is 3.21. The Hall–Kier alpha value is -2.43. The molecule has 0 unspecified atom stereocenters. The first kappa shape index (κ1) is 14.0. The first-order chi connectivity index (χ1) is 9.52. The number of carbonyl (C=O) groups excluding carboxylic acids is 1. The van der Waals surface area contributed by atoms with E-state index in [-0.39, 0.29) is 0 Å². The molecule has 0 spiro atoms. The second kappa shape index (κ2) is 5.69. The minimum absolute atomic E-state index is 0.408. The number of rotatable bonds is 4. The Bertz CT molecular complexity index is 619. The minimum Gasteiger partial charge on any atom is -0.465 e. The Morgan fingerprint density at radius 3 is 2.70 bits per heavy atom. The summed E-state index contributed by atoms with van der Waals surface area (Å²) in [5, 5.41) is 0. The number of ether oxygens (including phenoxy) is 1. The summed E-state index contributed by atoms with van der Waals surface area (Å²) in [6, 6.07) is 8.99. The monoisotopic (exact) mass is 274 g/mol. The molecule has 0 aliphatic heterocycles. The van der Waals surface area contributed by atoms with Gasteiger partial charge in [0.05, 0.1) is 30.6 Å². The van der Waals surface area contributed by atoms with E-state index in [1.54, 1.807) is 18.2 Å². The van der Waals surface area contributed by atoms with Crippen molar-refractivity contribution in [2.24, 2.45) is 0 Å². The highest BCUT2D eigenvalue weighted by molar-refractivity contribution is 5.99. The molecule has 0 aliphatic rings. The van der Waals surface area contributed by atoms with E-state index in [9.17, 15) is 4.79 Å². The fourth-order valence-electron chi connectivity index (χ4n) is 2.14. The van der Waals surface area contributed by atoms with Crippen LogP contribution in [0.2, 0.25) is 0 Å². The van der Waals surface area contributed by atoms with Crippen molar-refractivity contribution in [2.75, 3.05) is 24.8 Å². The molecule has 106 valence electrons. The molecule has 0 atom stereocenters. The lowest BCUT2D eigenvalue weighted by Crippen LogP contribution is -2.21. The van der Waals surface area contributed by atoms with Crippen LogP contribution in [0.3, 0.4) is 0 Å². The average molecular weight is 274 g/mol. The number of furan rings is 1. The van der Waals surface area contributed by atoms with Crippen molar-refractivity contribution in [3.05, 3.63) is 47.4 Å². The standard InChI is InChI=1S/C15H18N2O3/c1-10-7-8-11(20-10)9-17(2)14-12(15(18)19-3)5-4-6-13(14)16/h4-8H,9,16H2,1-3H3. The van der Waals surface area contributed by atoms with Gasteiger partial charge in [0, 0.05) is 7.05 Å². The summed E-state index contributed by atoms with van der Waals surface area (Å²) < 4.78 is 10.3. The first-order valence-electron chi connectivity index (χ1n) is 6.26. The summed E-state index contributed by atoms with van der Waals surface area (Å²) in [5.74, 6) is 1.25. The summed E-state index contributed by atoms with van der Waals surface area (Å²) in [5.41, 5.74) is 7.61. The lowest BCUT2D eigenvalue weighted by Gasteiger charge is -2.22. The number of nitrogens with two attached hydrogens (primary N) is 1. The number of hydrogen-bond acceptors (Lipinski definition) is 5. The molecule has 0 saturated heterocycles. The third-order valence-corrected chi connectivity index (χ3v) is 3.04. The van der Waals surface area contributed by atoms with Crippen molar-refractivity contribution in [2.45, 2.75) is 13.5 Å². The van der Waals surface area contributed by atoms with E-state index in [0.29, 0.717) is 23.5 Å². The highest BCUT2D eigenvalue weighted by Crippen LogP contribution is 2.29. The van der Waals surface area contributed by atoms with E-state index < -0.39 is 5.97 Å². The predicted molar refractivity (Wildman–Crippen MR) is 77.7 cm³/mol. The molecular formula is C15H18N2O3. The van der Waals surface area contributed by atoms with Crippen molar-refractivity contribution in [1.82, 2.24) is 0 Å². The highest BCUT2D eigenvalue weighted by Gasteiger charge is 2.18. The molecule has 1 aromatic carbocycles. The number of esters is 1. The maximum absolute atomic E-state index is 11.8. The van der Waals surface area contributed by atoms with Crippen LogP contribution in [-0.4, -0.2) is 20.1 Å². The molecule has 0 fully saturated rings. The Labute approximate surface area is 117 Å². The smallest absolute Gasteiger partial charge is 0.340 e. The van der Waals surface area contributed by atoms with Crippen LogP contribution < -0.4 is 10.6 Å². The van der Waals surface area contributed by atoms with Gasteiger partial charge in [-0.3, -0.25) is 0 Å². The molecule has 0 saturated carbocycles. The fraction of sp³-hybridized carbons (Fsp3) is 0.267. The van der Waals surface area contributed by atoms with Crippen LogP contribution in [0.15, 0.2) is 34.7 Å². The Morgan fingerprint density at radius 1 is 1.35 bits per heavy atom. The second-order valence-corrected chi connectivity index (χ2v) is 4.60. The van der Waals surface area contributed by atoms with Crippen molar-refractivity contribution in [3.8, 4) is 0 Å². The van der Waals surface area contributed by atoms with Gasteiger partial charge in [-0.2, -0.15) is 0 Å². The van der Waals surface area contributed by atoms with Gasteiger partial charge in [-0.15, -0.1) is 0 Å². The summed E-state index contributed by atoms with van der Waals surface area (Å²) in [6.07, 6.45) is 0. The molecule has 1 heterocycles. The average Bonchev–Trinajstić information content (AvgIpc) is 2.82. The van der Waals surface area contributed by atoms with Gasteiger partial charge < -0.3 is 19.8 Å². The van der Waals surface area contributed by atoms with E-state index in [0.717, 1.165) is 11.5 Å². The normalized spacial score (nSPS) is 10.3. The quantitative estimate of drug-likeness (QED) is 0.685. The minimum atomic E-state index is -0.408. The maximum atomic E-state index is 11.8. The predicted octanol–water partition coefficient (Wildman–Crippen LogP) is 2.59. The Morgan fingerprint density at radius 2 is 2.10 bits per heavy atom. The lowest BCUT2D eigenvalue weighted by atomic mass is 10.1. The molecule has 0 bridgehead atoms. The zero-order valence-corrected chi connectivity index (χ0v) is 11.8. The van der Waals surface area contributed by atoms with Crippen LogP contribution in [0.4, 0.5) is 11.4 Å². The number of aryl methyl sites for hydroxylation is 1. The van der Waals surface area contributed by atoms with Crippen molar-refractivity contribution < 1.29 is 13.9 Å². The molecule has 0 amide bonds. The van der Waals surface area contributed by atoms with E-state index in [1.165, 1.54) is 7.11 Å². The number of methoxy groups -OCH3 is 1. The topological polar surface area (TPSA) is 68.7 Å². The van der Waals surface area contributed by atoms with Gasteiger partial charge in [0.1, 0.15) is 11.5 Å². The van der Waals surface area contributed by atoms with Gasteiger partial charge in [0.25, 0.3) is 0 Å². The number of hydrogen-bond donors (Lipinski definition) is 1. The van der Waals surface area contributed by atoms with E-state index in [2.05, 4.69) is 0 Å². The van der Waals surface area contributed by atoms with Crippen LogP contribution in [-0.2, 0) is 11.3 Å². The second-order valence-electron chi connectivity index (χ2n) is 4.60. The van der Waals surface area contributed by atoms with E-state index in [4.69, 9.17) is 14.9 Å². The lowest BCUT2D eigenvalue weighted by molar-refractivity contribution is 0.0601. The van der Waals surface area contributed by atoms with Crippen LogP contribution in [0.5, 0.6) is 0 Å². The van der Waals surface area contributed by atoms with E-state index >= 15 is 0 Å². The molecule has 2 N–H and O–H groups in total. The van der Waals surface area contributed by atoms with Crippen molar-refractivity contribution in [1.29, 1.82) is 0 Å². The number of anilines is 2. The molecule has 1 aromatic heterocycles. The molecule has 0 radical (unpaired) electrons. The first-order valence-corrected chi connectivity index (χ1v) is 6.26. The van der Waals surface area contributed by atoms with Gasteiger partial charge in [-0.25, -0.2) is 4.79 Å². The number of nitrogen functional groups attached to an aromatic ring is 1. The van der Waals surface area contributed by atoms with Gasteiger partial charge >= 0.3 is 5.97 Å². The van der Waals surface area contributed by atoms with Gasteiger partial charge in [-0.05, 0) is 31.2 Å². The maximum Gasteiger partial charge on any atom is 0.340 e. The van der Waals surface area contributed by atoms with Crippen molar-refractivity contribution >= 4 is 17.3 Å². The largest absolute Gasteiger partial charge is 0.465 e. The SMILES string of the molecule is COC(=O)c1cccc(N)c1N(C)Cc1ccc(C)o1. The van der Waals surface area contributed by atoms with Crippen LogP contribution in [0.1, 0.15) is 21.9 Å². The number of nitrogens with zero attached hydrogens (tertiary/aromatic N) is 1. The molecule has 5 heteroatoms. The zero-order valence-electron chi connectivity index (χ0n) is 11.8. The molecular weight excluding hydrogens is 256 g/mol. The highest BCUT2D eigenvalue weighted by atomic mass is 16.5. The third-order valence-electron chi connectivity index (χ3n) is 3.04. The number of carbonyl (C=O) groups is 1. The van der Waals surface area contributed by atoms with Gasteiger partial charge in [0.15, 0.2) is 0 Å². The van der Waals surface area contributed by atoms with Crippen molar-refractivity contribution in [3.63, 3.8) is 0 Å². The van der Waals surface area contributed by atoms with Crippen LogP contribution >= 0.6 is 0 Å². The Balaban J connectivity index is 2.33. The third kappa shape index (κ3) is 2.77. The molecule has 2 rings (SSSR count). The molecule has 0 aliphatic carbocycles. The molecule has 5 nitrogen and oxygen atoms in total. The van der Waals surface area contributed by atoms with Crippen LogP contribution in [0, 0.1) is 6.92 Å². The number of benzene rings is 1. The summed E-state index contributed by atoms with van der Waals surface area (Å²) in [6.45, 7) is 2.41. The van der Waals surface area contributed by atoms with Gasteiger partial charge in [0.2, 0.25) is 0 Å².